The van der Waals surface area contributed by atoms with E-state index in [9.17, 15) is 0 Å². The van der Waals surface area contributed by atoms with Crippen molar-refractivity contribution in [2.75, 3.05) is 6.54 Å². The van der Waals surface area contributed by atoms with Crippen LogP contribution in [0.4, 0.5) is 0 Å². The Morgan fingerprint density at radius 1 is 1.12 bits per heavy atom. The number of benzene rings is 1. The lowest BCUT2D eigenvalue weighted by Crippen LogP contribution is -2.28. The zero-order valence-electron chi connectivity index (χ0n) is 10.4. The minimum Gasteiger partial charge on any atom is -0.294 e. The van der Waals surface area contributed by atoms with E-state index in [4.69, 9.17) is 0 Å². The summed E-state index contributed by atoms with van der Waals surface area (Å²) in [5, 5.41) is 0. The molecule has 0 radical (unpaired) electrons. The molecule has 0 amide bonds. The van der Waals surface area contributed by atoms with Gasteiger partial charge in [-0.15, -0.1) is 0 Å². The zero-order valence-corrected chi connectivity index (χ0v) is 10.4. The molecule has 1 heterocycles. The molecule has 0 N–H and O–H groups in total. The molecule has 0 unspecified atom stereocenters. The molecule has 0 bridgehead atoms. The Morgan fingerprint density at radius 3 is 2.12 bits per heavy atom. The monoisotopic (exact) mass is 215 g/mol. The van der Waals surface area contributed by atoms with Gasteiger partial charge in [-0.3, -0.25) is 4.90 Å². The van der Waals surface area contributed by atoms with E-state index in [0.29, 0.717) is 5.41 Å². The summed E-state index contributed by atoms with van der Waals surface area (Å²) >= 11 is 0. The van der Waals surface area contributed by atoms with Crippen LogP contribution in [-0.4, -0.2) is 11.4 Å². The third-order valence-electron chi connectivity index (χ3n) is 4.56. The predicted molar refractivity (Wildman–Crippen MR) is 67.1 cm³/mol. The van der Waals surface area contributed by atoms with Crippen molar-refractivity contribution in [1.29, 1.82) is 0 Å². The first-order chi connectivity index (χ1) is 7.70. The van der Waals surface area contributed by atoms with Crippen LogP contribution < -0.4 is 0 Å². The molecule has 1 saturated carbocycles. The topological polar surface area (TPSA) is 3.24 Å². The maximum Gasteiger partial charge on any atom is 0.0240 e. The summed E-state index contributed by atoms with van der Waals surface area (Å²) in [4.78, 5) is 2.64. The molecule has 0 aromatic heterocycles. The quantitative estimate of drug-likeness (QED) is 0.746. The minimum absolute atomic E-state index is 0.655. The van der Waals surface area contributed by atoms with Gasteiger partial charge in [-0.1, -0.05) is 38.1 Å². The molecule has 0 atom stereocenters. The second kappa shape index (κ2) is 3.59. The summed E-state index contributed by atoms with van der Waals surface area (Å²) in [5.74, 6) is 0.844. The fourth-order valence-corrected chi connectivity index (χ4v) is 3.04. The first-order valence-electron chi connectivity index (χ1n) is 6.49. The summed E-state index contributed by atoms with van der Waals surface area (Å²) < 4.78 is 0. The van der Waals surface area contributed by atoms with Crippen LogP contribution in [0, 0.1) is 11.3 Å². The van der Waals surface area contributed by atoms with Gasteiger partial charge in [0.05, 0.1) is 0 Å². The molecule has 0 saturated heterocycles. The van der Waals surface area contributed by atoms with Crippen LogP contribution >= 0.6 is 0 Å². The van der Waals surface area contributed by atoms with Gasteiger partial charge in [0.1, 0.15) is 0 Å². The molecular weight excluding hydrogens is 194 g/mol. The second-order valence-electron chi connectivity index (χ2n) is 5.93. The highest BCUT2D eigenvalue weighted by molar-refractivity contribution is 5.30. The highest BCUT2D eigenvalue weighted by Crippen LogP contribution is 2.52. The lowest BCUT2D eigenvalue weighted by Gasteiger charge is -2.26. The molecule has 1 aromatic rings. The fourth-order valence-electron chi connectivity index (χ4n) is 3.04. The molecule has 1 fully saturated rings. The molecule has 0 spiro atoms. The Hall–Kier alpha value is -0.820. The van der Waals surface area contributed by atoms with Crippen LogP contribution in [-0.2, 0) is 13.1 Å². The highest BCUT2D eigenvalue weighted by Gasteiger charge is 2.46. The van der Waals surface area contributed by atoms with Crippen molar-refractivity contribution in [1.82, 2.24) is 4.90 Å². The predicted octanol–water partition coefficient (Wildman–Crippen LogP) is 3.44. The molecule has 1 aliphatic heterocycles. The van der Waals surface area contributed by atoms with Gasteiger partial charge in [0.2, 0.25) is 0 Å². The van der Waals surface area contributed by atoms with Crippen molar-refractivity contribution in [3.05, 3.63) is 35.4 Å². The van der Waals surface area contributed by atoms with Crippen molar-refractivity contribution in [3.63, 3.8) is 0 Å². The largest absolute Gasteiger partial charge is 0.294 e. The van der Waals surface area contributed by atoms with Gasteiger partial charge in [-0.25, -0.2) is 0 Å². The Morgan fingerprint density at radius 2 is 1.69 bits per heavy atom. The van der Waals surface area contributed by atoms with Gasteiger partial charge in [0, 0.05) is 19.6 Å². The average Bonchev–Trinajstić information content (AvgIpc) is 2.92. The van der Waals surface area contributed by atoms with Crippen molar-refractivity contribution in [2.45, 2.75) is 39.8 Å². The Kier molecular flexibility index (Phi) is 2.32. The van der Waals surface area contributed by atoms with Crippen molar-refractivity contribution in [2.24, 2.45) is 11.3 Å². The third kappa shape index (κ3) is 1.67. The Labute approximate surface area is 98.5 Å². The van der Waals surface area contributed by atoms with E-state index >= 15 is 0 Å². The van der Waals surface area contributed by atoms with E-state index in [1.54, 1.807) is 11.1 Å². The van der Waals surface area contributed by atoms with Gasteiger partial charge in [0.15, 0.2) is 0 Å². The minimum atomic E-state index is 0.655. The Balaban J connectivity index is 1.69. The van der Waals surface area contributed by atoms with Crippen LogP contribution in [0.2, 0.25) is 0 Å². The van der Waals surface area contributed by atoms with E-state index < -0.39 is 0 Å². The van der Waals surface area contributed by atoms with Crippen LogP contribution in [0.5, 0.6) is 0 Å². The number of hydrogen-bond donors (Lipinski definition) is 0. The zero-order chi connectivity index (χ0) is 11.2. The second-order valence-corrected chi connectivity index (χ2v) is 5.93. The molecule has 1 nitrogen and oxygen atoms in total. The van der Waals surface area contributed by atoms with Gasteiger partial charge >= 0.3 is 0 Å². The van der Waals surface area contributed by atoms with Crippen LogP contribution in [0.15, 0.2) is 24.3 Å². The van der Waals surface area contributed by atoms with Crippen LogP contribution in [0.25, 0.3) is 0 Å². The van der Waals surface area contributed by atoms with Crippen LogP contribution in [0.3, 0.4) is 0 Å². The van der Waals surface area contributed by atoms with Gasteiger partial charge in [0.25, 0.3) is 0 Å². The summed E-state index contributed by atoms with van der Waals surface area (Å²) in [6.45, 7) is 8.42. The lowest BCUT2D eigenvalue weighted by atomic mass is 9.92. The lowest BCUT2D eigenvalue weighted by molar-refractivity contribution is 0.187. The maximum absolute atomic E-state index is 2.64. The Bertz CT molecular complexity index is 365. The molecule has 1 aliphatic carbocycles. The van der Waals surface area contributed by atoms with Gasteiger partial charge < -0.3 is 0 Å². The summed E-state index contributed by atoms with van der Waals surface area (Å²) in [6, 6.07) is 8.89. The van der Waals surface area contributed by atoms with Crippen molar-refractivity contribution >= 4 is 0 Å². The van der Waals surface area contributed by atoms with Gasteiger partial charge in [-0.2, -0.15) is 0 Å². The normalized spacial score (nSPS) is 22.4. The summed E-state index contributed by atoms with van der Waals surface area (Å²) in [6.07, 6.45) is 2.88. The maximum atomic E-state index is 2.64. The SMILES string of the molecule is CC(C)C1(CN2Cc3ccccc3C2)CC1. The average molecular weight is 215 g/mol. The summed E-state index contributed by atoms with van der Waals surface area (Å²) in [7, 11) is 0. The first kappa shape index (κ1) is 10.3. The number of rotatable bonds is 3. The summed E-state index contributed by atoms with van der Waals surface area (Å²) in [5.41, 5.74) is 3.74. The smallest absolute Gasteiger partial charge is 0.0240 e. The number of hydrogen-bond acceptors (Lipinski definition) is 1. The molecule has 2 aliphatic rings. The molecular formula is C15H21N. The highest BCUT2D eigenvalue weighted by atomic mass is 15.2. The van der Waals surface area contributed by atoms with E-state index in [-0.39, 0.29) is 0 Å². The molecule has 16 heavy (non-hydrogen) atoms. The van der Waals surface area contributed by atoms with Gasteiger partial charge in [-0.05, 0) is 35.3 Å². The third-order valence-corrected chi connectivity index (χ3v) is 4.56. The molecule has 1 aromatic carbocycles. The molecule has 3 rings (SSSR count). The van der Waals surface area contributed by atoms with Crippen LogP contribution in [0.1, 0.15) is 37.8 Å². The fraction of sp³-hybridized carbons (Fsp3) is 0.600. The number of nitrogens with zero attached hydrogens (tertiary/aromatic N) is 1. The molecule has 1 heteroatoms. The van der Waals surface area contributed by atoms with Crippen molar-refractivity contribution < 1.29 is 0 Å². The standard InChI is InChI=1S/C15H21N/c1-12(2)15(7-8-15)11-16-9-13-5-3-4-6-14(13)10-16/h3-6,12H,7-11H2,1-2H3. The first-order valence-corrected chi connectivity index (χ1v) is 6.49. The van der Waals surface area contributed by atoms with E-state index in [2.05, 4.69) is 43.0 Å². The van der Waals surface area contributed by atoms with E-state index in [1.807, 2.05) is 0 Å². The van der Waals surface area contributed by atoms with E-state index in [1.165, 1.54) is 32.5 Å². The van der Waals surface area contributed by atoms with Crippen molar-refractivity contribution in [3.8, 4) is 0 Å². The number of fused-ring (bicyclic) bond motifs is 1. The molecule has 86 valence electrons. The van der Waals surface area contributed by atoms with E-state index in [0.717, 1.165) is 5.92 Å².